The summed E-state index contributed by atoms with van der Waals surface area (Å²) in [4.78, 5) is 23.4. The zero-order valence-electron chi connectivity index (χ0n) is 14.2. The lowest BCUT2D eigenvalue weighted by molar-refractivity contribution is 0.0744. The molecule has 1 N–H and O–H groups in total. The van der Waals surface area contributed by atoms with E-state index in [1.165, 1.54) is 12.3 Å². The van der Waals surface area contributed by atoms with Crippen molar-refractivity contribution in [2.45, 2.75) is 32.1 Å². The molecule has 0 unspecified atom stereocenters. The number of hydrogen-bond acceptors (Lipinski definition) is 5. The zero-order valence-corrected chi connectivity index (χ0v) is 15.0. The molecule has 1 saturated heterocycles. The molecule has 1 amide bonds. The summed E-state index contributed by atoms with van der Waals surface area (Å²) in [6, 6.07) is 3.47. The molecule has 2 aromatic rings. The van der Waals surface area contributed by atoms with Gasteiger partial charge in [-0.05, 0) is 19.4 Å². The Kier molecular flexibility index (Phi) is 5.16. The van der Waals surface area contributed by atoms with Gasteiger partial charge in [0.2, 0.25) is 0 Å². The van der Waals surface area contributed by atoms with E-state index in [1.807, 2.05) is 18.4 Å². The Labute approximate surface area is 149 Å². The fourth-order valence-electron chi connectivity index (χ4n) is 3.18. The molecule has 8 heteroatoms. The van der Waals surface area contributed by atoms with Gasteiger partial charge < -0.3 is 9.88 Å². The van der Waals surface area contributed by atoms with Crippen molar-refractivity contribution in [3.05, 3.63) is 39.6 Å². The number of thiazole rings is 1. The third-order valence-corrected chi connectivity index (χ3v) is 5.20. The quantitative estimate of drug-likeness (QED) is 0.887. The highest BCUT2D eigenvalue weighted by molar-refractivity contribution is 7.09. The molecule has 6 nitrogen and oxygen atoms in total. The monoisotopic (exact) mass is 361 g/mol. The summed E-state index contributed by atoms with van der Waals surface area (Å²) in [5, 5.41) is 11.8. The first-order chi connectivity index (χ1) is 12.0. The second-order valence-corrected chi connectivity index (χ2v) is 7.44. The lowest BCUT2D eigenvalue weighted by Crippen LogP contribution is -2.41. The molecule has 0 spiro atoms. The molecule has 0 aliphatic carbocycles. The molecule has 1 fully saturated rings. The number of aromatic amines is 1. The summed E-state index contributed by atoms with van der Waals surface area (Å²) in [5.41, 5.74) is 1.73. The van der Waals surface area contributed by atoms with Crippen molar-refractivity contribution in [2.75, 3.05) is 20.1 Å². The predicted molar refractivity (Wildman–Crippen MR) is 93.0 cm³/mol. The van der Waals surface area contributed by atoms with E-state index in [-0.39, 0.29) is 11.9 Å². The van der Waals surface area contributed by atoms with E-state index >= 15 is 0 Å². The molecular formula is C17H20FN5OS. The van der Waals surface area contributed by atoms with E-state index in [4.69, 9.17) is 5.26 Å². The Balaban J connectivity index is 1.64. The van der Waals surface area contributed by atoms with Crippen LogP contribution in [0.2, 0.25) is 0 Å². The standard InChI is InChI=1S/C17H20FN5OS/c1-11-21-14(10-25-11)8-23-7-13(18)4-15(23)9-22(2)17(24)16-3-12(5-19)6-20-16/h3,6,10,13,15,20H,4,7-9H2,1-2H3/t13-,15-/m0/s1. The summed E-state index contributed by atoms with van der Waals surface area (Å²) in [6.45, 7) is 3.35. The van der Waals surface area contributed by atoms with Gasteiger partial charge in [-0.25, -0.2) is 9.37 Å². The molecule has 0 bridgehead atoms. The Hall–Kier alpha value is -2.24. The number of amides is 1. The van der Waals surface area contributed by atoms with E-state index in [1.54, 1.807) is 23.3 Å². The lowest BCUT2D eigenvalue weighted by Gasteiger charge is -2.27. The maximum absolute atomic E-state index is 14.0. The van der Waals surface area contributed by atoms with Crippen LogP contribution < -0.4 is 0 Å². The molecule has 2 aromatic heterocycles. The minimum atomic E-state index is -0.885. The summed E-state index contributed by atoms with van der Waals surface area (Å²) in [5.74, 6) is -0.201. The van der Waals surface area contributed by atoms with Crippen LogP contribution in [0, 0.1) is 18.3 Å². The predicted octanol–water partition coefficient (Wildman–Crippen LogP) is 2.34. The van der Waals surface area contributed by atoms with Crippen molar-refractivity contribution in [2.24, 2.45) is 0 Å². The van der Waals surface area contributed by atoms with Crippen LogP contribution in [0.5, 0.6) is 0 Å². The number of likely N-dealkylation sites (N-methyl/N-ethyl adjacent to an activating group) is 1. The van der Waals surface area contributed by atoms with Gasteiger partial charge in [-0.15, -0.1) is 11.3 Å². The summed E-state index contributed by atoms with van der Waals surface area (Å²) >= 11 is 1.58. The summed E-state index contributed by atoms with van der Waals surface area (Å²) in [7, 11) is 1.70. The average molecular weight is 361 g/mol. The number of halogens is 1. The number of carbonyl (C=O) groups is 1. The molecule has 25 heavy (non-hydrogen) atoms. The molecule has 132 valence electrons. The van der Waals surface area contributed by atoms with Gasteiger partial charge in [0.05, 0.1) is 16.3 Å². The second kappa shape index (κ2) is 7.33. The fraction of sp³-hybridized carbons (Fsp3) is 0.471. The minimum absolute atomic E-state index is 0.0450. The number of nitrogens with one attached hydrogen (secondary N) is 1. The van der Waals surface area contributed by atoms with E-state index in [9.17, 15) is 9.18 Å². The maximum atomic E-state index is 14.0. The minimum Gasteiger partial charge on any atom is -0.356 e. The van der Waals surface area contributed by atoms with Crippen molar-refractivity contribution in [3.8, 4) is 6.07 Å². The second-order valence-electron chi connectivity index (χ2n) is 6.37. The van der Waals surface area contributed by atoms with Gasteiger partial charge in [0.1, 0.15) is 17.9 Å². The number of hydrogen-bond donors (Lipinski definition) is 1. The van der Waals surface area contributed by atoms with Gasteiger partial charge in [-0.1, -0.05) is 0 Å². The van der Waals surface area contributed by atoms with Crippen molar-refractivity contribution in [1.82, 2.24) is 19.8 Å². The Morgan fingerprint density at radius 1 is 1.64 bits per heavy atom. The highest BCUT2D eigenvalue weighted by Crippen LogP contribution is 2.24. The first-order valence-electron chi connectivity index (χ1n) is 8.09. The van der Waals surface area contributed by atoms with Gasteiger partial charge in [-0.2, -0.15) is 5.26 Å². The third-order valence-electron chi connectivity index (χ3n) is 4.38. The van der Waals surface area contributed by atoms with Gasteiger partial charge in [-0.3, -0.25) is 9.69 Å². The van der Waals surface area contributed by atoms with Crippen molar-refractivity contribution < 1.29 is 9.18 Å². The highest BCUT2D eigenvalue weighted by atomic mass is 32.1. The SMILES string of the molecule is Cc1nc(CN2C[C@@H](F)C[C@H]2CN(C)C(=O)c2cc(C#N)c[nH]2)cs1. The molecule has 2 atom stereocenters. The van der Waals surface area contributed by atoms with Crippen molar-refractivity contribution >= 4 is 17.2 Å². The molecule has 0 radical (unpaired) electrons. The molecule has 3 rings (SSSR count). The van der Waals surface area contributed by atoms with Crippen molar-refractivity contribution in [3.63, 3.8) is 0 Å². The number of carbonyl (C=O) groups excluding carboxylic acids is 1. The lowest BCUT2D eigenvalue weighted by atomic mass is 10.2. The largest absolute Gasteiger partial charge is 0.356 e. The topological polar surface area (TPSA) is 76.0 Å². The molecule has 0 saturated carbocycles. The maximum Gasteiger partial charge on any atom is 0.270 e. The normalized spacial score (nSPS) is 20.6. The van der Waals surface area contributed by atoms with Crippen LogP contribution in [0.4, 0.5) is 4.39 Å². The van der Waals surface area contributed by atoms with Crippen LogP contribution >= 0.6 is 11.3 Å². The smallest absolute Gasteiger partial charge is 0.270 e. The Morgan fingerprint density at radius 2 is 2.44 bits per heavy atom. The van der Waals surface area contributed by atoms with Gasteiger partial charge in [0.15, 0.2) is 0 Å². The average Bonchev–Trinajstić information content (AvgIpc) is 3.28. The van der Waals surface area contributed by atoms with Crippen LogP contribution in [0.1, 0.15) is 33.2 Å². The highest BCUT2D eigenvalue weighted by Gasteiger charge is 2.34. The molecule has 1 aliphatic rings. The Morgan fingerprint density at radius 3 is 3.08 bits per heavy atom. The first kappa shape index (κ1) is 17.6. The first-order valence-corrected chi connectivity index (χ1v) is 8.97. The van der Waals surface area contributed by atoms with E-state index in [0.29, 0.717) is 37.3 Å². The number of nitriles is 1. The van der Waals surface area contributed by atoms with Gasteiger partial charge in [0.25, 0.3) is 5.91 Å². The van der Waals surface area contributed by atoms with Crippen LogP contribution in [-0.4, -0.2) is 58.0 Å². The fourth-order valence-corrected chi connectivity index (χ4v) is 3.79. The molecule has 1 aliphatic heterocycles. The summed E-state index contributed by atoms with van der Waals surface area (Å²) in [6.07, 6.45) is 1.03. The molecular weight excluding hydrogens is 341 g/mol. The number of rotatable bonds is 5. The molecule has 0 aromatic carbocycles. The number of alkyl halides is 1. The number of likely N-dealkylation sites (tertiary alicyclic amines) is 1. The van der Waals surface area contributed by atoms with Crippen LogP contribution in [0.3, 0.4) is 0 Å². The van der Waals surface area contributed by atoms with Crippen LogP contribution in [0.25, 0.3) is 0 Å². The Bertz CT molecular complexity index is 795. The van der Waals surface area contributed by atoms with E-state index < -0.39 is 6.17 Å². The van der Waals surface area contributed by atoms with Gasteiger partial charge >= 0.3 is 0 Å². The van der Waals surface area contributed by atoms with Crippen molar-refractivity contribution in [1.29, 1.82) is 5.26 Å². The number of nitrogens with zero attached hydrogens (tertiary/aromatic N) is 4. The number of aryl methyl sites for hydroxylation is 1. The number of H-pyrrole nitrogens is 1. The van der Waals surface area contributed by atoms with Crippen LogP contribution in [-0.2, 0) is 6.54 Å². The van der Waals surface area contributed by atoms with Crippen LogP contribution in [0.15, 0.2) is 17.6 Å². The van der Waals surface area contributed by atoms with E-state index in [0.717, 1.165) is 10.7 Å². The number of aromatic nitrogens is 2. The zero-order chi connectivity index (χ0) is 18.0. The third kappa shape index (κ3) is 4.06. The van der Waals surface area contributed by atoms with Gasteiger partial charge in [0, 0.05) is 44.3 Å². The molecule has 3 heterocycles. The summed E-state index contributed by atoms with van der Waals surface area (Å²) < 4.78 is 14.0. The van der Waals surface area contributed by atoms with E-state index in [2.05, 4.69) is 14.9 Å².